The average Bonchev–Trinajstić information content (AvgIpc) is 3.32. The number of nitrogens with one attached hydrogen (secondary N) is 3. The fourth-order valence-electron chi connectivity index (χ4n) is 3.56. The number of aliphatic hydroxyl groups is 1. The number of aromatic nitrogens is 1. The third-order valence-corrected chi connectivity index (χ3v) is 5.63. The molecule has 1 saturated heterocycles. The molecule has 8 nitrogen and oxygen atoms in total. The number of halogens is 3. The molecule has 33 heavy (non-hydrogen) atoms. The molecule has 1 unspecified atom stereocenters. The first-order chi connectivity index (χ1) is 15.8. The van der Waals surface area contributed by atoms with E-state index in [9.17, 15) is 18.8 Å². The van der Waals surface area contributed by atoms with Gasteiger partial charge in [-0.1, -0.05) is 41.4 Å². The topological polar surface area (TPSA) is 115 Å². The number of hydrogen-bond donors (Lipinski definition) is 4. The largest absolute Gasteiger partial charge is 0.395 e. The van der Waals surface area contributed by atoms with Gasteiger partial charge >= 0.3 is 6.03 Å². The van der Waals surface area contributed by atoms with Gasteiger partial charge < -0.3 is 20.7 Å². The van der Waals surface area contributed by atoms with Crippen molar-refractivity contribution in [3.63, 3.8) is 0 Å². The highest BCUT2D eigenvalue weighted by Gasteiger charge is 2.42. The van der Waals surface area contributed by atoms with Crippen LogP contribution in [0.25, 0.3) is 17.0 Å². The zero-order valence-electron chi connectivity index (χ0n) is 16.9. The van der Waals surface area contributed by atoms with Gasteiger partial charge in [-0.05, 0) is 29.8 Å². The van der Waals surface area contributed by atoms with Gasteiger partial charge in [0.1, 0.15) is 11.7 Å². The number of hydrogen-bond acceptors (Lipinski definition) is 4. The normalized spacial score (nSPS) is 15.9. The number of nitrogens with zero attached hydrogens (tertiary/aromatic N) is 1. The first-order valence-corrected chi connectivity index (χ1v) is 10.5. The Morgan fingerprint density at radius 3 is 2.61 bits per heavy atom. The minimum Gasteiger partial charge on any atom is -0.395 e. The summed E-state index contributed by atoms with van der Waals surface area (Å²) in [5.41, 5.74) is 0.859. The molecule has 4 amide bonds. The van der Waals surface area contributed by atoms with Crippen molar-refractivity contribution in [2.75, 3.05) is 13.2 Å². The number of amides is 4. The van der Waals surface area contributed by atoms with E-state index in [1.165, 1.54) is 42.6 Å². The molecule has 3 aromatic rings. The molecule has 2 heterocycles. The molecule has 4 N–H and O–H groups in total. The molecule has 0 aliphatic carbocycles. The van der Waals surface area contributed by atoms with Gasteiger partial charge in [-0.25, -0.2) is 14.1 Å². The third kappa shape index (κ3) is 4.30. The molecule has 1 aliphatic rings. The highest BCUT2D eigenvalue weighted by atomic mass is 35.5. The fourth-order valence-corrected chi connectivity index (χ4v) is 3.84. The van der Waals surface area contributed by atoms with Crippen molar-refractivity contribution < 1.29 is 23.9 Å². The molecule has 2 aromatic carbocycles. The summed E-state index contributed by atoms with van der Waals surface area (Å²) in [5.74, 6) is -2.03. The van der Waals surface area contributed by atoms with Gasteiger partial charge in [0, 0.05) is 28.7 Å². The van der Waals surface area contributed by atoms with Crippen LogP contribution in [0.5, 0.6) is 0 Å². The summed E-state index contributed by atoms with van der Waals surface area (Å²) in [6.07, 6.45) is 2.86. The Balaban J connectivity index is 1.71. The summed E-state index contributed by atoms with van der Waals surface area (Å²) in [4.78, 5) is 42.3. The number of H-pyrrole nitrogens is 1. The SMILES string of the molecule is O=C(NCCO)C(c1ccc(Cl)cc1)N1C(=O)NC(=Cc2c[nH]c3c(F)c(Cl)ccc23)C1=O. The number of aromatic amines is 1. The average molecular weight is 491 g/mol. The first-order valence-electron chi connectivity index (χ1n) is 9.77. The number of rotatable bonds is 6. The summed E-state index contributed by atoms with van der Waals surface area (Å²) < 4.78 is 14.2. The molecule has 0 saturated carbocycles. The van der Waals surface area contributed by atoms with E-state index in [0.29, 0.717) is 21.5 Å². The monoisotopic (exact) mass is 490 g/mol. The second kappa shape index (κ2) is 9.22. The van der Waals surface area contributed by atoms with E-state index >= 15 is 0 Å². The van der Waals surface area contributed by atoms with Gasteiger partial charge in [0.15, 0.2) is 5.82 Å². The van der Waals surface area contributed by atoms with Gasteiger partial charge in [0.05, 0.1) is 17.1 Å². The van der Waals surface area contributed by atoms with Crippen LogP contribution in [0, 0.1) is 5.82 Å². The van der Waals surface area contributed by atoms with Crippen LogP contribution in [0.15, 0.2) is 48.3 Å². The summed E-state index contributed by atoms with van der Waals surface area (Å²) >= 11 is 11.7. The van der Waals surface area contributed by atoms with Crippen molar-refractivity contribution in [1.82, 2.24) is 20.5 Å². The number of fused-ring (bicyclic) bond motifs is 1. The predicted octanol–water partition coefficient (Wildman–Crippen LogP) is 3.36. The van der Waals surface area contributed by atoms with Crippen LogP contribution in [0.1, 0.15) is 17.2 Å². The van der Waals surface area contributed by atoms with Crippen LogP contribution in [0.4, 0.5) is 9.18 Å². The van der Waals surface area contributed by atoms with Crippen molar-refractivity contribution in [2.24, 2.45) is 0 Å². The predicted molar refractivity (Wildman–Crippen MR) is 121 cm³/mol. The maximum Gasteiger partial charge on any atom is 0.330 e. The van der Waals surface area contributed by atoms with Gasteiger partial charge in [-0.2, -0.15) is 0 Å². The van der Waals surface area contributed by atoms with Crippen molar-refractivity contribution in [1.29, 1.82) is 0 Å². The van der Waals surface area contributed by atoms with Gasteiger partial charge in [0.25, 0.3) is 5.91 Å². The van der Waals surface area contributed by atoms with E-state index in [1.54, 1.807) is 6.07 Å². The third-order valence-electron chi connectivity index (χ3n) is 5.09. The standard InChI is InChI=1S/C22H17Cl2FN4O4/c23-13-3-1-11(2-4-13)19(20(31)26-7-8-30)29-21(32)16(28-22(29)33)9-12-10-27-18-14(12)5-6-15(24)17(18)25/h1-6,9-10,19,27,30H,7-8H2,(H,26,31)(H,28,33). The number of aliphatic hydroxyl groups excluding tert-OH is 1. The van der Waals surface area contributed by atoms with Crippen LogP contribution in [0.2, 0.25) is 10.0 Å². The molecular formula is C22H17Cl2FN4O4. The van der Waals surface area contributed by atoms with Crippen LogP contribution in [-0.4, -0.2) is 46.0 Å². The summed E-state index contributed by atoms with van der Waals surface area (Å²) in [6.45, 7) is -0.371. The lowest BCUT2D eigenvalue weighted by atomic mass is 10.0. The number of carbonyl (C=O) groups is 3. The van der Waals surface area contributed by atoms with Crippen molar-refractivity contribution in [3.05, 3.63) is 75.3 Å². The molecule has 1 aliphatic heterocycles. The molecule has 170 valence electrons. The Bertz CT molecular complexity index is 1290. The van der Waals surface area contributed by atoms with E-state index in [4.69, 9.17) is 28.3 Å². The Morgan fingerprint density at radius 1 is 1.18 bits per heavy atom. The van der Waals surface area contributed by atoms with E-state index < -0.39 is 29.7 Å². The molecule has 0 spiro atoms. The Hall–Kier alpha value is -3.40. The van der Waals surface area contributed by atoms with Crippen LogP contribution in [-0.2, 0) is 9.59 Å². The van der Waals surface area contributed by atoms with E-state index in [2.05, 4.69) is 15.6 Å². The maximum absolute atomic E-state index is 14.2. The molecule has 1 atom stereocenters. The zero-order chi connectivity index (χ0) is 23.7. The molecular weight excluding hydrogens is 474 g/mol. The number of urea groups is 1. The van der Waals surface area contributed by atoms with Crippen molar-refractivity contribution >= 4 is 58.0 Å². The number of imide groups is 1. The number of carbonyl (C=O) groups excluding carboxylic acids is 3. The Labute approximate surface area is 197 Å². The lowest BCUT2D eigenvalue weighted by Gasteiger charge is -2.24. The van der Waals surface area contributed by atoms with Crippen LogP contribution in [0.3, 0.4) is 0 Å². The van der Waals surface area contributed by atoms with Gasteiger partial charge in [-0.3, -0.25) is 9.59 Å². The van der Waals surface area contributed by atoms with Gasteiger partial charge in [-0.15, -0.1) is 0 Å². The Kier molecular flexibility index (Phi) is 6.37. The Morgan fingerprint density at radius 2 is 1.91 bits per heavy atom. The quantitative estimate of drug-likeness (QED) is 0.313. The molecule has 4 rings (SSSR count). The highest BCUT2D eigenvalue weighted by molar-refractivity contribution is 6.31. The zero-order valence-corrected chi connectivity index (χ0v) is 18.4. The molecule has 1 fully saturated rings. The fraction of sp³-hybridized carbons (Fsp3) is 0.136. The second-order valence-electron chi connectivity index (χ2n) is 7.16. The summed E-state index contributed by atoms with van der Waals surface area (Å²) in [7, 11) is 0. The lowest BCUT2D eigenvalue weighted by Crippen LogP contribution is -2.44. The first kappa shape index (κ1) is 22.8. The molecule has 11 heteroatoms. The van der Waals surface area contributed by atoms with E-state index in [-0.39, 0.29) is 29.4 Å². The van der Waals surface area contributed by atoms with Crippen LogP contribution < -0.4 is 10.6 Å². The summed E-state index contributed by atoms with van der Waals surface area (Å²) in [6, 6.07) is 6.99. The van der Waals surface area contributed by atoms with Gasteiger partial charge in [0.2, 0.25) is 5.91 Å². The number of benzene rings is 2. The van der Waals surface area contributed by atoms with Crippen molar-refractivity contribution in [2.45, 2.75) is 6.04 Å². The minimum atomic E-state index is -1.30. The van der Waals surface area contributed by atoms with E-state index in [1.807, 2.05) is 0 Å². The van der Waals surface area contributed by atoms with E-state index in [0.717, 1.165) is 4.90 Å². The minimum absolute atomic E-state index is 0.0559. The maximum atomic E-state index is 14.2. The smallest absolute Gasteiger partial charge is 0.330 e. The molecule has 0 bridgehead atoms. The summed E-state index contributed by atoms with van der Waals surface area (Å²) in [5, 5.41) is 14.8. The highest BCUT2D eigenvalue weighted by Crippen LogP contribution is 2.31. The lowest BCUT2D eigenvalue weighted by molar-refractivity contribution is -0.133. The second-order valence-corrected chi connectivity index (χ2v) is 8.00. The molecule has 0 radical (unpaired) electrons. The van der Waals surface area contributed by atoms with Crippen LogP contribution >= 0.6 is 23.2 Å². The molecule has 1 aromatic heterocycles. The van der Waals surface area contributed by atoms with Crippen molar-refractivity contribution in [3.8, 4) is 0 Å².